The summed E-state index contributed by atoms with van der Waals surface area (Å²) in [4.78, 5) is 37.4. The summed E-state index contributed by atoms with van der Waals surface area (Å²) in [7, 11) is 0. The van der Waals surface area contributed by atoms with Crippen molar-refractivity contribution in [2.24, 2.45) is 0 Å². The Morgan fingerprint density at radius 2 is 2.04 bits per heavy atom. The minimum Gasteiger partial charge on any atom is -0.463 e. The Morgan fingerprint density at radius 3 is 2.62 bits per heavy atom. The molecule has 4 atom stereocenters. The molecule has 0 amide bonds. The number of halogens is 1. The monoisotopic (exact) mass is 404 g/mol. The number of hydrogen-bond donors (Lipinski definition) is 1. The van der Waals surface area contributed by atoms with Gasteiger partial charge in [-0.25, -0.2) is 4.79 Å². The molecule has 1 fully saturated rings. The van der Waals surface area contributed by atoms with Crippen LogP contribution in [0, 0.1) is 6.92 Å². The highest BCUT2D eigenvalue weighted by molar-refractivity contribution is 9.09. The Morgan fingerprint density at radius 1 is 1.38 bits per heavy atom. The van der Waals surface area contributed by atoms with Crippen molar-refractivity contribution in [2.45, 2.75) is 44.0 Å². The minimum absolute atomic E-state index is 0.0216. The number of alkyl halides is 1. The van der Waals surface area contributed by atoms with Gasteiger partial charge in [0.25, 0.3) is 0 Å². The number of nitrogens with two attached hydrogens (primary N) is 1. The Kier molecular flexibility index (Phi) is 5.54. The van der Waals surface area contributed by atoms with E-state index in [2.05, 4.69) is 26.0 Å². The molecule has 1 aromatic heterocycles. The second-order valence-corrected chi connectivity index (χ2v) is 6.25. The van der Waals surface area contributed by atoms with E-state index in [-0.39, 0.29) is 12.4 Å². The van der Waals surface area contributed by atoms with Crippen molar-refractivity contribution in [3.8, 4) is 0 Å². The number of hydrogen-bond acceptors (Lipinski definition) is 9. The zero-order valence-electron chi connectivity index (χ0n) is 13.3. The van der Waals surface area contributed by atoms with Gasteiger partial charge in [0, 0.05) is 13.8 Å². The normalized spacial score (nSPS) is 26.2. The fraction of sp³-hybridized carbons (Fsp3) is 0.615. The number of nitrogen functional groups attached to an aromatic ring is 1. The van der Waals surface area contributed by atoms with E-state index >= 15 is 0 Å². The second-order valence-electron chi connectivity index (χ2n) is 5.20. The van der Waals surface area contributed by atoms with Crippen molar-refractivity contribution in [1.82, 2.24) is 14.8 Å². The van der Waals surface area contributed by atoms with Crippen LogP contribution in [0.2, 0.25) is 0 Å². The van der Waals surface area contributed by atoms with Crippen molar-refractivity contribution in [1.29, 1.82) is 0 Å². The van der Waals surface area contributed by atoms with Gasteiger partial charge in [0.1, 0.15) is 29.3 Å². The molecule has 2 N–H and O–H groups in total. The Balaban J connectivity index is 2.31. The van der Waals surface area contributed by atoms with Crippen LogP contribution in [0.5, 0.6) is 0 Å². The van der Waals surface area contributed by atoms with Gasteiger partial charge in [-0.05, 0) is 6.92 Å². The molecule has 11 heteroatoms. The number of ether oxygens (including phenoxy) is 3. The molecule has 0 bridgehead atoms. The van der Waals surface area contributed by atoms with Crippen LogP contribution < -0.4 is 11.4 Å². The standard InChI is InChI=1S/C13H17BrN4O6/c1-5-11(15)16-13(21)18(17-5)12-9(14)10(23-7(3)20)8(24-12)4-22-6(2)19/h8-10,12H,4H2,1-3H3,(H2,15,16,21)/t8-,9-,10-,12-/m1/s1. The van der Waals surface area contributed by atoms with Crippen LogP contribution >= 0.6 is 15.9 Å². The lowest BCUT2D eigenvalue weighted by molar-refractivity contribution is -0.155. The van der Waals surface area contributed by atoms with Gasteiger partial charge in [-0.1, -0.05) is 15.9 Å². The molecule has 0 radical (unpaired) electrons. The number of esters is 2. The molecule has 0 aliphatic carbocycles. The van der Waals surface area contributed by atoms with E-state index in [0.717, 1.165) is 4.68 Å². The lowest BCUT2D eigenvalue weighted by atomic mass is 10.2. The molecule has 1 aliphatic heterocycles. The molecule has 0 spiro atoms. The smallest absolute Gasteiger partial charge is 0.368 e. The van der Waals surface area contributed by atoms with Crippen LogP contribution in [-0.4, -0.2) is 50.3 Å². The fourth-order valence-corrected chi connectivity index (χ4v) is 3.01. The maximum absolute atomic E-state index is 12.0. The van der Waals surface area contributed by atoms with Crippen LogP contribution in [-0.2, 0) is 23.8 Å². The van der Waals surface area contributed by atoms with Gasteiger partial charge < -0.3 is 19.9 Å². The first kappa shape index (κ1) is 18.3. The van der Waals surface area contributed by atoms with E-state index in [0.29, 0.717) is 5.69 Å². The Bertz CT molecular complexity index is 708. The van der Waals surface area contributed by atoms with Crippen LogP contribution in [0.25, 0.3) is 0 Å². The lowest BCUT2D eigenvalue weighted by Crippen LogP contribution is -2.37. The van der Waals surface area contributed by atoms with Gasteiger partial charge in [0.2, 0.25) is 0 Å². The summed E-state index contributed by atoms with van der Waals surface area (Å²) >= 11 is 3.36. The summed E-state index contributed by atoms with van der Waals surface area (Å²) in [5.74, 6) is -1.02. The molecule has 1 saturated heterocycles. The summed E-state index contributed by atoms with van der Waals surface area (Å²) in [5, 5.41) is 4.06. The quantitative estimate of drug-likeness (QED) is 0.528. The van der Waals surface area contributed by atoms with E-state index in [1.807, 2.05) is 0 Å². The van der Waals surface area contributed by atoms with Gasteiger partial charge in [0.15, 0.2) is 12.0 Å². The average molecular weight is 405 g/mol. The van der Waals surface area contributed by atoms with Gasteiger partial charge in [0.05, 0.1) is 0 Å². The number of anilines is 1. The summed E-state index contributed by atoms with van der Waals surface area (Å²) in [6.07, 6.45) is -2.45. The number of aryl methyl sites for hydroxylation is 1. The molecule has 24 heavy (non-hydrogen) atoms. The van der Waals surface area contributed by atoms with Crippen molar-refractivity contribution in [3.05, 3.63) is 16.2 Å². The number of carbonyl (C=O) groups is 2. The predicted molar refractivity (Wildman–Crippen MR) is 84.3 cm³/mol. The number of carbonyl (C=O) groups excluding carboxylic acids is 2. The zero-order valence-corrected chi connectivity index (χ0v) is 14.8. The Hall–Kier alpha value is -2.01. The minimum atomic E-state index is -0.908. The van der Waals surface area contributed by atoms with Crippen LogP contribution in [0.4, 0.5) is 5.82 Å². The van der Waals surface area contributed by atoms with Gasteiger partial charge in [-0.3, -0.25) is 9.59 Å². The van der Waals surface area contributed by atoms with E-state index in [9.17, 15) is 14.4 Å². The van der Waals surface area contributed by atoms with E-state index in [1.54, 1.807) is 6.92 Å². The molecule has 0 unspecified atom stereocenters. The second kappa shape index (κ2) is 7.26. The maximum Gasteiger partial charge on any atom is 0.368 e. The zero-order chi connectivity index (χ0) is 18.0. The molecule has 2 rings (SSSR count). The molecule has 132 valence electrons. The molecular weight excluding hydrogens is 388 g/mol. The summed E-state index contributed by atoms with van der Waals surface area (Å²) in [5.41, 5.74) is 5.20. The summed E-state index contributed by atoms with van der Waals surface area (Å²) in [6, 6.07) is 0. The number of rotatable bonds is 4. The highest BCUT2D eigenvalue weighted by atomic mass is 79.9. The SMILES string of the molecule is CC(=O)OC[C@H]1O[C@@H](n2nc(C)c(N)nc2=O)[C@H](Br)[C@@H]1OC(C)=O. The topological polar surface area (TPSA) is 136 Å². The summed E-state index contributed by atoms with van der Waals surface area (Å²) < 4.78 is 16.9. The van der Waals surface area contributed by atoms with Crippen LogP contribution in [0.1, 0.15) is 25.8 Å². The van der Waals surface area contributed by atoms with Crippen molar-refractivity contribution in [3.63, 3.8) is 0 Å². The van der Waals surface area contributed by atoms with Crippen LogP contribution in [0.3, 0.4) is 0 Å². The molecule has 0 saturated carbocycles. The first-order chi connectivity index (χ1) is 11.2. The van der Waals surface area contributed by atoms with Gasteiger partial charge in [-0.2, -0.15) is 14.8 Å². The van der Waals surface area contributed by atoms with Gasteiger partial charge in [-0.15, -0.1) is 0 Å². The fourth-order valence-electron chi connectivity index (χ4n) is 2.21. The number of nitrogens with zero attached hydrogens (tertiary/aromatic N) is 3. The third-order valence-electron chi connectivity index (χ3n) is 3.30. The molecular formula is C13H17BrN4O6. The predicted octanol–water partition coefficient (Wildman–Crippen LogP) is -0.315. The first-order valence-electron chi connectivity index (χ1n) is 7.03. The van der Waals surface area contributed by atoms with Crippen molar-refractivity contribution in [2.75, 3.05) is 12.3 Å². The Labute approximate surface area is 145 Å². The largest absolute Gasteiger partial charge is 0.463 e. The lowest BCUT2D eigenvalue weighted by Gasteiger charge is -2.19. The molecule has 1 aliphatic rings. The first-order valence-corrected chi connectivity index (χ1v) is 7.95. The number of aromatic nitrogens is 3. The van der Waals surface area contributed by atoms with Gasteiger partial charge >= 0.3 is 17.6 Å². The van der Waals surface area contributed by atoms with Crippen LogP contribution in [0.15, 0.2) is 4.79 Å². The molecule has 2 heterocycles. The van der Waals surface area contributed by atoms with Crippen molar-refractivity contribution >= 4 is 33.7 Å². The van der Waals surface area contributed by atoms with E-state index < -0.39 is 40.9 Å². The highest BCUT2D eigenvalue weighted by Gasteiger charge is 2.48. The third-order valence-corrected chi connectivity index (χ3v) is 4.27. The molecule has 0 aromatic carbocycles. The average Bonchev–Trinajstić information content (AvgIpc) is 2.77. The third kappa shape index (κ3) is 3.90. The van der Waals surface area contributed by atoms with E-state index in [1.165, 1.54) is 13.8 Å². The molecule has 1 aromatic rings. The van der Waals surface area contributed by atoms with E-state index in [4.69, 9.17) is 19.9 Å². The van der Waals surface area contributed by atoms with Crippen molar-refractivity contribution < 1.29 is 23.8 Å². The highest BCUT2D eigenvalue weighted by Crippen LogP contribution is 2.35. The maximum atomic E-state index is 12.0. The summed E-state index contributed by atoms with van der Waals surface area (Å²) in [6.45, 7) is 3.95. The molecule has 10 nitrogen and oxygen atoms in total.